The van der Waals surface area contributed by atoms with E-state index >= 15 is 0 Å². The minimum Gasteiger partial charge on any atom is -0.250 e. The largest absolute Gasteiger partial charge is 0.250 e. The van der Waals surface area contributed by atoms with Crippen molar-refractivity contribution in [1.29, 1.82) is 0 Å². The maximum Gasteiger partial charge on any atom is 0.216 e. The Morgan fingerprint density at radius 2 is 1.84 bits per heavy atom. The molecule has 128 valence electrons. The molecule has 0 saturated heterocycles. The monoisotopic (exact) mass is 354 g/mol. The standard InChI is InChI=1S/C19H19FN4S/c1-13(2)16-7-3-15(4-8-16)12-21-24-18(22-23-19(24)25)11-14-5-9-17(20)10-6-14/h3-10,12-13H,11H2,1-2H3,(H,23,25)/b21-12-. The third kappa shape index (κ3) is 4.28. The van der Waals surface area contributed by atoms with Crippen molar-refractivity contribution < 1.29 is 4.39 Å². The van der Waals surface area contributed by atoms with Gasteiger partial charge in [0.2, 0.25) is 4.77 Å². The molecule has 1 heterocycles. The minimum atomic E-state index is -0.259. The normalized spacial score (nSPS) is 11.5. The van der Waals surface area contributed by atoms with Crippen LogP contribution in [-0.2, 0) is 6.42 Å². The topological polar surface area (TPSA) is 46.0 Å². The van der Waals surface area contributed by atoms with E-state index in [0.717, 1.165) is 11.1 Å². The second-order valence-electron chi connectivity index (χ2n) is 6.13. The Hall–Kier alpha value is -2.60. The third-order valence-electron chi connectivity index (χ3n) is 3.92. The molecule has 0 atom stereocenters. The first kappa shape index (κ1) is 17.2. The van der Waals surface area contributed by atoms with Crippen LogP contribution >= 0.6 is 12.2 Å². The van der Waals surface area contributed by atoms with Crippen molar-refractivity contribution in [2.24, 2.45) is 5.10 Å². The molecule has 0 unspecified atom stereocenters. The SMILES string of the molecule is CC(C)c1ccc(/C=N\n2c(Cc3ccc(F)cc3)n[nH]c2=S)cc1. The molecule has 3 rings (SSSR count). The fourth-order valence-corrected chi connectivity index (χ4v) is 2.63. The van der Waals surface area contributed by atoms with E-state index in [2.05, 4.69) is 41.3 Å². The van der Waals surface area contributed by atoms with Crippen LogP contribution in [0.4, 0.5) is 4.39 Å². The van der Waals surface area contributed by atoms with Crippen molar-refractivity contribution in [1.82, 2.24) is 14.9 Å². The number of benzene rings is 2. The maximum atomic E-state index is 13.0. The van der Waals surface area contributed by atoms with Gasteiger partial charge in [0, 0.05) is 6.42 Å². The molecule has 0 bridgehead atoms. The molecule has 4 nitrogen and oxygen atoms in total. The van der Waals surface area contributed by atoms with Crippen LogP contribution in [0.25, 0.3) is 0 Å². The number of hydrogen-bond acceptors (Lipinski definition) is 3. The maximum absolute atomic E-state index is 13.0. The number of H-pyrrole nitrogens is 1. The number of aromatic amines is 1. The Bertz CT molecular complexity index is 921. The van der Waals surface area contributed by atoms with Gasteiger partial charge in [-0.05, 0) is 47.0 Å². The van der Waals surface area contributed by atoms with Crippen molar-refractivity contribution in [3.8, 4) is 0 Å². The van der Waals surface area contributed by atoms with Crippen LogP contribution in [-0.4, -0.2) is 21.1 Å². The highest BCUT2D eigenvalue weighted by molar-refractivity contribution is 7.71. The number of nitrogens with zero attached hydrogens (tertiary/aromatic N) is 3. The molecule has 2 aromatic carbocycles. The van der Waals surface area contributed by atoms with Crippen molar-refractivity contribution in [2.75, 3.05) is 0 Å². The summed E-state index contributed by atoms with van der Waals surface area (Å²) in [7, 11) is 0. The lowest BCUT2D eigenvalue weighted by Gasteiger charge is -2.05. The van der Waals surface area contributed by atoms with Crippen LogP contribution in [0.2, 0.25) is 0 Å². The van der Waals surface area contributed by atoms with Gasteiger partial charge >= 0.3 is 0 Å². The van der Waals surface area contributed by atoms with Crippen molar-refractivity contribution >= 4 is 18.4 Å². The zero-order valence-electron chi connectivity index (χ0n) is 14.1. The summed E-state index contributed by atoms with van der Waals surface area (Å²) in [5.41, 5.74) is 3.21. The van der Waals surface area contributed by atoms with Gasteiger partial charge in [0.25, 0.3) is 0 Å². The van der Waals surface area contributed by atoms with E-state index in [1.165, 1.54) is 17.7 Å². The summed E-state index contributed by atoms with van der Waals surface area (Å²) >= 11 is 5.25. The summed E-state index contributed by atoms with van der Waals surface area (Å²) in [5, 5.41) is 11.4. The molecule has 6 heteroatoms. The van der Waals surface area contributed by atoms with Gasteiger partial charge in [0.15, 0.2) is 5.82 Å². The lowest BCUT2D eigenvalue weighted by atomic mass is 10.0. The predicted octanol–water partition coefficient (Wildman–Crippen LogP) is 4.68. The highest BCUT2D eigenvalue weighted by atomic mass is 32.1. The van der Waals surface area contributed by atoms with Crippen LogP contribution < -0.4 is 0 Å². The first-order chi connectivity index (χ1) is 12.0. The van der Waals surface area contributed by atoms with Gasteiger partial charge in [-0.2, -0.15) is 14.9 Å². The van der Waals surface area contributed by atoms with E-state index in [9.17, 15) is 4.39 Å². The molecule has 0 spiro atoms. The van der Waals surface area contributed by atoms with Crippen LogP contribution in [0.15, 0.2) is 53.6 Å². The Balaban J connectivity index is 1.81. The number of rotatable bonds is 5. The number of halogens is 1. The van der Waals surface area contributed by atoms with Gasteiger partial charge in [-0.1, -0.05) is 50.2 Å². The van der Waals surface area contributed by atoms with Gasteiger partial charge in [-0.25, -0.2) is 4.39 Å². The Labute approximate surface area is 151 Å². The van der Waals surface area contributed by atoms with Crippen molar-refractivity contribution in [3.05, 3.63) is 81.6 Å². The molecular weight excluding hydrogens is 335 g/mol. The van der Waals surface area contributed by atoms with Gasteiger partial charge in [0.1, 0.15) is 5.82 Å². The molecule has 0 aliphatic heterocycles. The van der Waals surface area contributed by atoms with Crippen LogP contribution in [0, 0.1) is 10.6 Å². The Morgan fingerprint density at radius 1 is 1.16 bits per heavy atom. The predicted molar refractivity (Wildman–Crippen MR) is 100 cm³/mol. The fraction of sp³-hybridized carbons (Fsp3) is 0.211. The van der Waals surface area contributed by atoms with Crippen LogP contribution in [0.1, 0.15) is 42.3 Å². The van der Waals surface area contributed by atoms with Crippen LogP contribution in [0.3, 0.4) is 0 Å². The molecular formula is C19H19FN4S. The number of nitrogens with one attached hydrogen (secondary N) is 1. The average Bonchev–Trinajstić information content (AvgIpc) is 2.95. The van der Waals surface area contributed by atoms with E-state index in [-0.39, 0.29) is 5.82 Å². The molecule has 25 heavy (non-hydrogen) atoms. The lowest BCUT2D eigenvalue weighted by molar-refractivity contribution is 0.627. The van der Waals surface area contributed by atoms with Crippen molar-refractivity contribution in [3.63, 3.8) is 0 Å². The summed E-state index contributed by atoms with van der Waals surface area (Å²) in [4.78, 5) is 0. The first-order valence-corrected chi connectivity index (χ1v) is 8.49. The third-order valence-corrected chi connectivity index (χ3v) is 4.18. The second kappa shape index (κ2) is 7.53. The van der Waals surface area contributed by atoms with E-state index in [4.69, 9.17) is 12.2 Å². The molecule has 0 aliphatic carbocycles. The average molecular weight is 354 g/mol. The highest BCUT2D eigenvalue weighted by Crippen LogP contribution is 2.14. The molecule has 0 radical (unpaired) electrons. The van der Waals surface area contributed by atoms with E-state index in [0.29, 0.717) is 22.9 Å². The molecule has 1 aromatic heterocycles. The first-order valence-electron chi connectivity index (χ1n) is 8.08. The highest BCUT2D eigenvalue weighted by Gasteiger charge is 2.06. The fourth-order valence-electron chi connectivity index (χ4n) is 2.43. The molecule has 1 N–H and O–H groups in total. The number of aromatic nitrogens is 3. The summed E-state index contributed by atoms with van der Waals surface area (Å²) in [6.45, 7) is 4.32. The summed E-state index contributed by atoms with van der Waals surface area (Å²) < 4.78 is 15.0. The van der Waals surface area contributed by atoms with Gasteiger partial charge in [0.05, 0.1) is 6.21 Å². The lowest BCUT2D eigenvalue weighted by Crippen LogP contribution is -2.00. The smallest absolute Gasteiger partial charge is 0.216 e. The molecule has 0 fully saturated rings. The molecule has 3 aromatic rings. The molecule has 0 amide bonds. The van der Waals surface area contributed by atoms with Gasteiger partial charge in [-0.3, -0.25) is 5.10 Å². The number of hydrogen-bond donors (Lipinski definition) is 1. The summed E-state index contributed by atoms with van der Waals surface area (Å²) in [6.07, 6.45) is 2.26. The zero-order chi connectivity index (χ0) is 17.8. The van der Waals surface area contributed by atoms with E-state index in [1.54, 1.807) is 23.0 Å². The van der Waals surface area contributed by atoms with E-state index < -0.39 is 0 Å². The van der Waals surface area contributed by atoms with E-state index in [1.807, 2.05) is 12.1 Å². The van der Waals surface area contributed by atoms with Crippen molar-refractivity contribution in [2.45, 2.75) is 26.2 Å². The molecule has 0 aliphatic rings. The second-order valence-corrected chi connectivity index (χ2v) is 6.51. The quantitative estimate of drug-likeness (QED) is 0.534. The van der Waals surface area contributed by atoms with Crippen LogP contribution in [0.5, 0.6) is 0 Å². The van der Waals surface area contributed by atoms with Gasteiger partial charge in [-0.15, -0.1) is 0 Å². The zero-order valence-corrected chi connectivity index (χ0v) is 14.9. The Kier molecular flexibility index (Phi) is 5.19. The minimum absolute atomic E-state index is 0.259. The Morgan fingerprint density at radius 3 is 2.48 bits per heavy atom. The molecule has 0 saturated carbocycles. The van der Waals surface area contributed by atoms with Gasteiger partial charge < -0.3 is 0 Å². The summed E-state index contributed by atoms with van der Waals surface area (Å²) in [6, 6.07) is 14.6. The summed E-state index contributed by atoms with van der Waals surface area (Å²) in [5.74, 6) is 0.910.